The number of rotatable bonds is 11. The van der Waals surface area contributed by atoms with Gasteiger partial charge in [-0.3, -0.25) is 9.88 Å². The Hall–Kier alpha value is -2.29. The zero-order valence-electron chi connectivity index (χ0n) is 22.4. The topological polar surface area (TPSA) is 89.4 Å². The maximum absolute atomic E-state index is 9.93. The molecule has 1 saturated heterocycles. The van der Waals surface area contributed by atoms with Gasteiger partial charge in [0.15, 0.2) is 0 Å². The maximum atomic E-state index is 9.93. The molecule has 198 valence electrons. The van der Waals surface area contributed by atoms with E-state index in [1.54, 1.807) is 0 Å². The largest absolute Gasteiger partial charge is 0.393 e. The van der Waals surface area contributed by atoms with Crippen LogP contribution in [0.25, 0.3) is 11.3 Å². The third-order valence-electron chi connectivity index (χ3n) is 7.55. The number of aliphatic hydroxyl groups is 1. The van der Waals surface area contributed by atoms with Crippen LogP contribution in [0.5, 0.6) is 0 Å². The van der Waals surface area contributed by atoms with Gasteiger partial charge >= 0.3 is 0 Å². The molecule has 2 fully saturated rings. The standard InChI is InChI=1S/C28H45N7O/c1-4-5-6-7-21(2)31-28-30-19-25(27(33-28)32-23-9-11-24(36)12-10-23)26-13-8-22(18-29-26)20-35-16-14-34(3)15-17-35/h8,13,18-19,21,23-24,36H,4-7,9-12,14-17,20H2,1-3H3,(H2,30,31,32,33)/t21-,23?,24?/m0/s1. The number of unbranched alkanes of at least 4 members (excludes halogenated alkanes) is 2. The van der Waals surface area contributed by atoms with Gasteiger partial charge in [0, 0.05) is 57.2 Å². The second-order valence-corrected chi connectivity index (χ2v) is 10.8. The molecule has 4 rings (SSSR count). The average molecular weight is 496 g/mol. The Bertz CT molecular complexity index is 922. The molecule has 2 aromatic heterocycles. The van der Waals surface area contributed by atoms with Crippen LogP contribution in [-0.2, 0) is 6.54 Å². The number of hydrogen-bond acceptors (Lipinski definition) is 8. The molecule has 2 aromatic rings. The van der Waals surface area contributed by atoms with Gasteiger partial charge in [0.1, 0.15) is 5.82 Å². The third-order valence-corrected chi connectivity index (χ3v) is 7.55. The zero-order chi connectivity index (χ0) is 25.3. The molecule has 1 aliphatic carbocycles. The van der Waals surface area contributed by atoms with E-state index in [1.165, 1.54) is 24.8 Å². The first-order valence-corrected chi connectivity index (χ1v) is 13.9. The van der Waals surface area contributed by atoms with Crippen LogP contribution in [0.4, 0.5) is 11.8 Å². The molecule has 1 atom stereocenters. The fraction of sp³-hybridized carbons (Fsp3) is 0.679. The van der Waals surface area contributed by atoms with Gasteiger partial charge in [-0.15, -0.1) is 0 Å². The number of nitrogens with one attached hydrogen (secondary N) is 2. The normalized spacial score (nSPS) is 22.3. The monoisotopic (exact) mass is 495 g/mol. The highest BCUT2D eigenvalue weighted by Crippen LogP contribution is 2.29. The van der Waals surface area contributed by atoms with Crippen LogP contribution in [0, 0.1) is 0 Å². The molecule has 2 aliphatic rings. The van der Waals surface area contributed by atoms with Gasteiger partial charge in [-0.25, -0.2) is 4.98 Å². The Morgan fingerprint density at radius 1 is 1.03 bits per heavy atom. The lowest BCUT2D eigenvalue weighted by Crippen LogP contribution is -2.43. The predicted octanol–water partition coefficient (Wildman–Crippen LogP) is 4.38. The lowest BCUT2D eigenvalue weighted by atomic mass is 9.93. The van der Waals surface area contributed by atoms with Gasteiger partial charge in [-0.1, -0.05) is 32.3 Å². The zero-order valence-corrected chi connectivity index (χ0v) is 22.4. The molecule has 0 unspecified atom stereocenters. The fourth-order valence-corrected chi connectivity index (χ4v) is 5.10. The summed E-state index contributed by atoms with van der Waals surface area (Å²) in [5, 5.41) is 17.1. The summed E-state index contributed by atoms with van der Waals surface area (Å²) in [5.74, 6) is 1.49. The number of hydrogen-bond donors (Lipinski definition) is 3. The first-order chi connectivity index (χ1) is 17.5. The van der Waals surface area contributed by atoms with Gasteiger partial charge in [-0.05, 0) is 57.7 Å². The summed E-state index contributed by atoms with van der Waals surface area (Å²) < 4.78 is 0. The van der Waals surface area contributed by atoms with Crippen molar-refractivity contribution in [2.75, 3.05) is 43.9 Å². The van der Waals surface area contributed by atoms with Crippen molar-refractivity contribution in [2.45, 2.75) is 89.9 Å². The third kappa shape index (κ3) is 7.85. The quantitative estimate of drug-likeness (QED) is 0.396. The van der Waals surface area contributed by atoms with Crippen molar-refractivity contribution >= 4 is 11.8 Å². The van der Waals surface area contributed by atoms with Crippen LogP contribution >= 0.6 is 0 Å². The van der Waals surface area contributed by atoms with Crippen LogP contribution in [0.3, 0.4) is 0 Å². The number of pyridine rings is 1. The van der Waals surface area contributed by atoms with Crippen LogP contribution in [0.2, 0.25) is 0 Å². The second kappa shape index (κ2) is 13.3. The van der Waals surface area contributed by atoms with Crippen molar-refractivity contribution < 1.29 is 5.11 Å². The Morgan fingerprint density at radius 3 is 2.50 bits per heavy atom. The van der Waals surface area contributed by atoms with Crippen molar-refractivity contribution in [3.05, 3.63) is 30.1 Å². The van der Waals surface area contributed by atoms with E-state index in [0.717, 1.165) is 81.9 Å². The predicted molar refractivity (Wildman–Crippen MR) is 147 cm³/mol. The minimum atomic E-state index is -0.177. The summed E-state index contributed by atoms with van der Waals surface area (Å²) in [7, 11) is 2.19. The summed E-state index contributed by atoms with van der Waals surface area (Å²) >= 11 is 0. The van der Waals surface area contributed by atoms with Crippen molar-refractivity contribution in [2.24, 2.45) is 0 Å². The minimum Gasteiger partial charge on any atom is -0.393 e. The van der Waals surface area contributed by atoms with Crippen LogP contribution in [0.15, 0.2) is 24.5 Å². The van der Waals surface area contributed by atoms with Gasteiger partial charge in [0.05, 0.1) is 17.4 Å². The van der Waals surface area contributed by atoms with Crippen LogP contribution in [0.1, 0.15) is 70.8 Å². The number of aromatic nitrogens is 3. The van der Waals surface area contributed by atoms with E-state index in [0.29, 0.717) is 18.0 Å². The minimum absolute atomic E-state index is 0.177. The summed E-state index contributed by atoms with van der Waals surface area (Å²) in [6.07, 6.45) is 12.1. The van der Waals surface area contributed by atoms with E-state index in [-0.39, 0.29) is 6.10 Å². The molecule has 1 saturated carbocycles. The SMILES string of the molecule is CCCCC[C@H](C)Nc1ncc(-c2ccc(CN3CCN(C)CC3)cn2)c(NC2CCC(O)CC2)n1. The highest BCUT2D eigenvalue weighted by molar-refractivity contribution is 5.73. The molecule has 0 bridgehead atoms. The van der Waals surface area contributed by atoms with E-state index in [4.69, 9.17) is 9.97 Å². The van der Waals surface area contributed by atoms with Crippen molar-refractivity contribution in [3.63, 3.8) is 0 Å². The molecule has 0 amide bonds. The lowest BCUT2D eigenvalue weighted by molar-refractivity contribution is 0.126. The maximum Gasteiger partial charge on any atom is 0.224 e. The van der Waals surface area contributed by atoms with E-state index in [1.807, 2.05) is 12.4 Å². The van der Waals surface area contributed by atoms with E-state index < -0.39 is 0 Å². The first kappa shape index (κ1) is 26.8. The van der Waals surface area contributed by atoms with E-state index >= 15 is 0 Å². The molecule has 36 heavy (non-hydrogen) atoms. The molecule has 0 spiro atoms. The molecule has 3 N–H and O–H groups in total. The number of nitrogens with zero attached hydrogens (tertiary/aromatic N) is 5. The smallest absolute Gasteiger partial charge is 0.224 e. The second-order valence-electron chi connectivity index (χ2n) is 10.8. The molecule has 3 heterocycles. The van der Waals surface area contributed by atoms with Gasteiger partial charge < -0.3 is 20.6 Å². The molecule has 8 heteroatoms. The van der Waals surface area contributed by atoms with Gasteiger partial charge in [0.2, 0.25) is 5.95 Å². The fourth-order valence-electron chi connectivity index (χ4n) is 5.10. The lowest BCUT2D eigenvalue weighted by Gasteiger charge is -2.32. The molecule has 0 aromatic carbocycles. The van der Waals surface area contributed by atoms with Gasteiger partial charge in [-0.2, -0.15) is 4.98 Å². The first-order valence-electron chi connectivity index (χ1n) is 13.9. The number of piperazine rings is 1. The summed E-state index contributed by atoms with van der Waals surface area (Å²) in [6, 6.07) is 4.91. The van der Waals surface area contributed by atoms with E-state index in [2.05, 4.69) is 58.4 Å². The molecular formula is C28H45N7O. The van der Waals surface area contributed by atoms with Crippen molar-refractivity contribution in [1.82, 2.24) is 24.8 Å². The van der Waals surface area contributed by atoms with Crippen molar-refractivity contribution in [1.29, 1.82) is 0 Å². The van der Waals surface area contributed by atoms with Crippen molar-refractivity contribution in [3.8, 4) is 11.3 Å². The Balaban J connectivity index is 1.47. The molecule has 0 radical (unpaired) electrons. The summed E-state index contributed by atoms with van der Waals surface area (Å²) in [6.45, 7) is 9.80. The number of anilines is 2. The Morgan fingerprint density at radius 2 is 1.81 bits per heavy atom. The van der Waals surface area contributed by atoms with Gasteiger partial charge in [0.25, 0.3) is 0 Å². The number of likely N-dealkylation sites (N-methyl/N-ethyl adjacent to an activating group) is 1. The highest BCUT2D eigenvalue weighted by atomic mass is 16.3. The molecule has 8 nitrogen and oxygen atoms in total. The molecular weight excluding hydrogens is 450 g/mol. The van der Waals surface area contributed by atoms with Crippen LogP contribution in [-0.4, -0.2) is 81.3 Å². The average Bonchev–Trinajstić information content (AvgIpc) is 2.88. The highest BCUT2D eigenvalue weighted by Gasteiger charge is 2.22. The van der Waals surface area contributed by atoms with E-state index in [9.17, 15) is 5.11 Å². The summed E-state index contributed by atoms with van der Waals surface area (Å²) in [5.41, 5.74) is 3.05. The Kier molecular flexibility index (Phi) is 9.90. The van der Waals surface area contributed by atoms with Crippen LogP contribution < -0.4 is 10.6 Å². The number of aliphatic hydroxyl groups excluding tert-OH is 1. The molecule has 1 aliphatic heterocycles. The summed E-state index contributed by atoms with van der Waals surface area (Å²) in [4.78, 5) is 19.3. The Labute approximate surface area is 216 Å².